The van der Waals surface area contributed by atoms with Gasteiger partial charge in [0, 0.05) is 24.1 Å². The first-order chi connectivity index (χ1) is 8.49. The topological polar surface area (TPSA) is 56.3 Å². The SMILES string of the molecule is CC(CN(C)C)C(=O)c1ccc2c(c1)nc[s+]2[O-]. The third-order valence-electron chi connectivity index (χ3n) is 2.83. The van der Waals surface area contributed by atoms with Crippen molar-refractivity contribution in [1.29, 1.82) is 0 Å². The van der Waals surface area contributed by atoms with Crippen molar-refractivity contribution in [3.05, 3.63) is 29.3 Å². The normalized spacial score (nSPS) is 14.2. The van der Waals surface area contributed by atoms with Crippen LogP contribution in [0.15, 0.2) is 23.7 Å². The maximum Gasteiger partial charge on any atom is 0.229 e. The van der Waals surface area contributed by atoms with Gasteiger partial charge in [0.15, 0.2) is 10.5 Å². The molecule has 0 aliphatic rings. The summed E-state index contributed by atoms with van der Waals surface area (Å²) in [5.41, 5.74) is 2.69. The zero-order valence-electron chi connectivity index (χ0n) is 10.7. The quantitative estimate of drug-likeness (QED) is 0.628. The Balaban J connectivity index is 2.28. The minimum absolute atomic E-state index is 0.0612. The van der Waals surface area contributed by atoms with Crippen molar-refractivity contribution in [1.82, 2.24) is 9.88 Å². The second-order valence-electron chi connectivity index (χ2n) is 4.74. The highest BCUT2D eigenvalue weighted by Crippen LogP contribution is 2.26. The van der Waals surface area contributed by atoms with E-state index in [-0.39, 0.29) is 11.7 Å². The average molecular weight is 264 g/mol. The average Bonchev–Trinajstić information content (AvgIpc) is 2.69. The van der Waals surface area contributed by atoms with E-state index in [1.165, 1.54) is 5.51 Å². The zero-order valence-corrected chi connectivity index (χ0v) is 11.5. The molecule has 0 radical (unpaired) electrons. The van der Waals surface area contributed by atoms with E-state index in [1.54, 1.807) is 18.2 Å². The molecule has 0 saturated heterocycles. The Morgan fingerprint density at radius 3 is 2.89 bits per heavy atom. The number of carbonyl (C=O) groups is 1. The fourth-order valence-corrected chi connectivity index (χ4v) is 2.86. The molecule has 0 aliphatic heterocycles. The van der Waals surface area contributed by atoms with Gasteiger partial charge in [-0.25, -0.2) is 0 Å². The molecule has 2 rings (SSSR count). The Morgan fingerprint density at radius 1 is 1.50 bits per heavy atom. The number of carbonyl (C=O) groups excluding carboxylic acids is 1. The van der Waals surface area contributed by atoms with Gasteiger partial charge in [-0.15, -0.1) is 0 Å². The molecule has 2 atom stereocenters. The van der Waals surface area contributed by atoms with Crippen LogP contribution in [0.4, 0.5) is 0 Å². The Labute approximate surface area is 109 Å². The van der Waals surface area contributed by atoms with Crippen LogP contribution in [0.5, 0.6) is 0 Å². The summed E-state index contributed by atoms with van der Waals surface area (Å²) in [4.78, 5) is 18.3. The van der Waals surface area contributed by atoms with Gasteiger partial charge in [0.2, 0.25) is 5.51 Å². The molecule has 18 heavy (non-hydrogen) atoms. The van der Waals surface area contributed by atoms with Crippen molar-refractivity contribution >= 4 is 26.8 Å². The number of Topliss-reactive ketones (excluding diaryl/α,β-unsaturated/α-hetero) is 1. The summed E-state index contributed by atoms with van der Waals surface area (Å²) < 4.78 is 12.2. The zero-order chi connectivity index (χ0) is 13.3. The molecule has 2 unspecified atom stereocenters. The van der Waals surface area contributed by atoms with Gasteiger partial charge < -0.3 is 9.45 Å². The molecule has 0 N–H and O–H groups in total. The van der Waals surface area contributed by atoms with Crippen molar-refractivity contribution in [3.8, 4) is 0 Å². The van der Waals surface area contributed by atoms with E-state index >= 15 is 0 Å². The van der Waals surface area contributed by atoms with Gasteiger partial charge in [0.25, 0.3) is 0 Å². The summed E-state index contributed by atoms with van der Waals surface area (Å²) in [6, 6.07) is 5.19. The van der Waals surface area contributed by atoms with Crippen molar-refractivity contribution in [3.63, 3.8) is 0 Å². The maximum atomic E-state index is 12.2. The first-order valence-corrected chi connectivity index (χ1v) is 6.98. The highest BCUT2D eigenvalue weighted by atomic mass is 32.2. The molecular weight excluding hydrogens is 248 g/mol. The van der Waals surface area contributed by atoms with Crippen LogP contribution in [-0.4, -0.2) is 40.9 Å². The van der Waals surface area contributed by atoms with Gasteiger partial charge in [0.05, 0.1) is 0 Å². The fourth-order valence-electron chi connectivity index (χ4n) is 2.02. The van der Waals surface area contributed by atoms with Gasteiger partial charge in [-0.05, 0) is 37.0 Å². The van der Waals surface area contributed by atoms with E-state index in [1.807, 2.05) is 25.9 Å². The first kappa shape index (κ1) is 13.1. The number of thiazole rings is 1. The number of ketones is 1. The maximum absolute atomic E-state index is 12.2. The lowest BCUT2D eigenvalue weighted by molar-refractivity contribution is 0.0910. The molecule has 96 valence electrons. The molecule has 4 nitrogen and oxygen atoms in total. The molecule has 0 aliphatic carbocycles. The molecule has 5 heteroatoms. The van der Waals surface area contributed by atoms with Crippen LogP contribution >= 0.6 is 10.8 Å². The van der Waals surface area contributed by atoms with Crippen LogP contribution in [0.25, 0.3) is 10.2 Å². The van der Waals surface area contributed by atoms with Crippen molar-refractivity contribution < 1.29 is 9.35 Å². The molecule has 0 amide bonds. The second kappa shape index (κ2) is 5.14. The number of hydrogen-bond donors (Lipinski definition) is 0. The molecule has 1 heterocycles. The van der Waals surface area contributed by atoms with Crippen molar-refractivity contribution in [2.75, 3.05) is 20.6 Å². The predicted octanol–water partition coefficient (Wildman–Crippen LogP) is 2.34. The second-order valence-corrected chi connectivity index (χ2v) is 5.99. The Morgan fingerprint density at radius 2 is 2.22 bits per heavy atom. The van der Waals surface area contributed by atoms with Crippen LogP contribution < -0.4 is 0 Å². The number of rotatable bonds is 4. The number of fused-ring (bicyclic) bond motifs is 1. The van der Waals surface area contributed by atoms with Crippen LogP contribution in [0.1, 0.15) is 17.3 Å². The van der Waals surface area contributed by atoms with Crippen LogP contribution in [0.3, 0.4) is 0 Å². The van der Waals surface area contributed by atoms with E-state index in [9.17, 15) is 9.35 Å². The molecular formula is C13H16N2O2S. The van der Waals surface area contributed by atoms with E-state index < -0.39 is 10.8 Å². The Kier molecular flexibility index (Phi) is 3.75. The lowest BCUT2D eigenvalue weighted by Crippen LogP contribution is -2.25. The summed E-state index contributed by atoms with van der Waals surface area (Å²) in [5, 5.41) is 0. The predicted molar refractivity (Wildman–Crippen MR) is 72.4 cm³/mol. The highest BCUT2D eigenvalue weighted by molar-refractivity contribution is 7.29. The molecule has 1 aromatic carbocycles. The minimum Gasteiger partial charge on any atom is -0.589 e. The van der Waals surface area contributed by atoms with Crippen LogP contribution in [0, 0.1) is 5.92 Å². The molecule has 1 aromatic heterocycles. The minimum atomic E-state index is -1.15. The number of nitrogens with zero attached hydrogens (tertiary/aromatic N) is 2. The summed E-state index contributed by atoms with van der Waals surface area (Å²) in [7, 11) is 2.74. The lowest BCUT2D eigenvalue weighted by atomic mass is 9.99. The first-order valence-electron chi connectivity index (χ1n) is 5.77. The standard InChI is InChI=1S/C13H16N2O2S/c1-9(7-15(2)3)13(16)10-4-5-12-11(6-10)14-8-18(12)17/h4-6,8-9H,7H2,1-3H3. The largest absolute Gasteiger partial charge is 0.589 e. The summed E-state index contributed by atoms with van der Waals surface area (Å²) >= 11 is 0. The van der Waals surface area contributed by atoms with Gasteiger partial charge in [-0.3, -0.25) is 4.79 Å². The molecule has 0 bridgehead atoms. The van der Waals surface area contributed by atoms with E-state index in [2.05, 4.69) is 4.98 Å². The van der Waals surface area contributed by atoms with Gasteiger partial charge in [-0.1, -0.05) is 6.92 Å². The Hall–Kier alpha value is -1.30. The summed E-state index contributed by atoms with van der Waals surface area (Å²) in [6.45, 7) is 2.63. The summed E-state index contributed by atoms with van der Waals surface area (Å²) in [6.07, 6.45) is 0. The fraction of sp³-hybridized carbons (Fsp3) is 0.385. The monoisotopic (exact) mass is 264 g/mol. The van der Waals surface area contributed by atoms with Gasteiger partial charge >= 0.3 is 0 Å². The van der Waals surface area contributed by atoms with Gasteiger partial charge in [-0.2, -0.15) is 4.98 Å². The van der Waals surface area contributed by atoms with Crippen LogP contribution in [-0.2, 0) is 0 Å². The lowest BCUT2D eigenvalue weighted by Gasteiger charge is -2.15. The smallest absolute Gasteiger partial charge is 0.229 e. The summed E-state index contributed by atoms with van der Waals surface area (Å²) in [5.74, 6) is 0.0355. The highest BCUT2D eigenvalue weighted by Gasteiger charge is 2.17. The number of aromatic nitrogens is 1. The Bertz CT molecular complexity index is 577. The van der Waals surface area contributed by atoms with E-state index in [4.69, 9.17) is 0 Å². The van der Waals surface area contributed by atoms with Crippen LogP contribution in [0.2, 0.25) is 0 Å². The van der Waals surface area contributed by atoms with Crippen molar-refractivity contribution in [2.45, 2.75) is 6.92 Å². The van der Waals surface area contributed by atoms with E-state index in [0.717, 1.165) is 0 Å². The molecule has 0 saturated carbocycles. The molecule has 0 fully saturated rings. The van der Waals surface area contributed by atoms with E-state index in [0.29, 0.717) is 22.3 Å². The van der Waals surface area contributed by atoms with Gasteiger partial charge in [0.1, 0.15) is 5.52 Å². The third kappa shape index (κ3) is 2.58. The number of benzene rings is 1. The molecule has 2 aromatic rings. The third-order valence-corrected chi connectivity index (χ3v) is 3.91. The number of hydrogen-bond acceptors (Lipinski definition) is 4. The van der Waals surface area contributed by atoms with Crippen molar-refractivity contribution in [2.24, 2.45) is 5.92 Å². The molecule has 0 spiro atoms.